The summed E-state index contributed by atoms with van der Waals surface area (Å²) < 4.78 is 15.5. The van der Waals surface area contributed by atoms with Crippen LogP contribution in [0.5, 0.6) is 11.5 Å². The van der Waals surface area contributed by atoms with Crippen LogP contribution in [-0.2, 0) is 9.53 Å². The van der Waals surface area contributed by atoms with E-state index in [9.17, 15) is 9.59 Å². The Labute approximate surface area is 141 Å². The standard InChI is InChI=1S/C17H13N3O5/c21-15(18-10-5-6-13-14(7-10)25-9-24-13)8-23-17(22)16-11-3-1-2-4-12(11)19-20-16/h1-7H,8-9H2,(H,18,21)(H,19,20). The molecular formula is C17H13N3O5. The van der Waals surface area contributed by atoms with Crippen LogP contribution >= 0.6 is 0 Å². The van der Waals surface area contributed by atoms with Gasteiger partial charge in [-0.15, -0.1) is 0 Å². The van der Waals surface area contributed by atoms with E-state index in [1.165, 1.54) is 0 Å². The summed E-state index contributed by atoms with van der Waals surface area (Å²) in [6.45, 7) is -0.267. The number of aromatic nitrogens is 2. The van der Waals surface area contributed by atoms with Crippen LogP contribution in [0, 0.1) is 0 Å². The molecular weight excluding hydrogens is 326 g/mol. The molecule has 2 aromatic carbocycles. The maximum Gasteiger partial charge on any atom is 0.359 e. The second-order valence-corrected chi connectivity index (χ2v) is 5.31. The third-order valence-corrected chi connectivity index (χ3v) is 3.65. The van der Waals surface area contributed by atoms with Crippen LogP contribution in [0.15, 0.2) is 42.5 Å². The van der Waals surface area contributed by atoms with E-state index < -0.39 is 18.5 Å². The lowest BCUT2D eigenvalue weighted by atomic mass is 10.2. The van der Waals surface area contributed by atoms with Gasteiger partial charge in [0.1, 0.15) is 0 Å². The number of rotatable bonds is 4. The van der Waals surface area contributed by atoms with Crippen LogP contribution in [0.1, 0.15) is 10.5 Å². The van der Waals surface area contributed by atoms with Crippen LogP contribution < -0.4 is 14.8 Å². The molecule has 0 spiro atoms. The fourth-order valence-corrected chi connectivity index (χ4v) is 2.49. The average molecular weight is 339 g/mol. The van der Waals surface area contributed by atoms with Gasteiger partial charge in [-0.25, -0.2) is 4.79 Å². The molecule has 1 aromatic heterocycles. The highest BCUT2D eigenvalue weighted by Crippen LogP contribution is 2.34. The molecule has 1 aliphatic rings. The molecule has 1 amide bonds. The number of hydrogen-bond donors (Lipinski definition) is 2. The van der Waals surface area contributed by atoms with Crippen molar-refractivity contribution >= 4 is 28.5 Å². The monoisotopic (exact) mass is 339 g/mol. The molecule has 0 saturated heterocycles. The molecule has 3 aromatic rings. The van der Waals surface area contributed by atoms with Crippen molar-refractivity contribution in [3.05, 3.63) is 48.2 Å². The second-order valence-electron chi connectivity index (χ2n) is 5.31. The molecule has 8 heteroatoms. The highest BCUT2D eigenvalue weighted by atomic mass is 16.7. The van der Waals surface area contributed by atoms with Gasteiger partial charge in [0.25, 0.3) is 5.91 Å². The van der Waals surface area contributed by atoms with Crippen LogP contribution in [0.3, 0.4) is 0 Å². The van der Waals surface area contributed by atoms with Gasteiger partial charge in [-0.05, 0) is 18.2 Å². The zero-order valence-electron chi connectivity index (χ0n) is 12.9. The first-order valence-corrected chi connectivity index (χ1v) is 7.50. The predicted octanol–water partition coefficient (Wildman–Crippen LogP) is 2.09. The maximum absolute atomic E-state index is 12.1. The normalized spacial score (nSPS) is 12.2. The zero-order valence-corrected chi connectivity index (χ0v) is 12.9. The molecule has 0 bridgehead atoms. The number of esters is 1. The minimum Gasteiger partial charge on any atom is -0.454 e. The summed E-state index contributed by atoms with van der Waals surface area (Å²) in [6, 6.07) is 12.2. The Morgan fingerprint density at radius 2 is 2.00 bits per heavy atom. The van der Waals surface area contributed by atoms with Gasteiger partial charge in [0.05, 0.1) is 5.52 Å². The predicted molar refractivity (Wildman–Crippen MR) is 87.6 cm³/mol. The molecule has 2 heterocycles. The van der Waals surface area contributed by atoms with Gasteiger partial charge < -0.3 is 19.5 Å². The zero-order chi connectivity index (χ0) is 17.2. The van der Waals surface area contributed by atoms with Crippen molar-refractivity contribution in [3.8, 4) is 11.5 Å². The van der Waals surface area contributed by atoms with Gasteiger partial charge in [0.2, 0.25) is 6.79 Å². The molecule has 25 heavy (non-hydrogen) atoms. The first-order chi connectivity index (χ1) is 12.2. The Hall–Kier alpha value is -3.55. The SMILES string of the molecule is O=C(COC(=O)c1n[nH]c2ccccc12)Nc1ccc2c(c1)OCO2. The number of anilines is 1. The number of fused-ring (bicyclic) bond motifs is 2. The summed E-state index contributed by atoms with van der Waals surface area (Å²) in [7, 11) is 0. The van der Waals surface area contributed by atoms with E-state index in [1.54, 1.807) is 36.4 Å². The Morgan fingerprint density at radius 1 is 1.16 bits per heavy atom. The van der Waals surface area contributed by atoms with Gasteiger partial charge in [-0.2, -0.15) is 5.10 Å². The van der Waals surface area contributed by atoms with Gasteiger partial charge >= 0.3 is 5.97 Å². The Morgan fingerprint density at radius 3 is 2.92 bits per heavy atom. The number of benzene rings is 2. The molecule has 0 atom stereocenters. The number of carbonyl (C=O) groups is 2. The Balaban J connectivity index is 1.37. The van der Waals surface area contributed by atoms with Crippen molar-refractivity contribution in [2.75, 3.05) is 18.7 Å². The maximum atomic E-state index is 12.1. The fraction of sp³-hybridized carbons (Fsp3) is 0.118. The minimum absolute atomic E-state index is 0.145. The number of nitrogens with one attached hydrogen (secondary N) is 2. The van der Waals surface area contributed by atoms with Gasteiger partial charge in [0, 0.05) is 17.1 Å². The highest BCUT2D eigenvalue weighted by Gasteiger charge is 2.18. The average Bonchev–Trinajstić information content (AvgIpc) is 3.26. The van der Waals surface area contributed by atoms with Gasteiger partial charge in [0.15, 0.2) is 23.8 Å². The summed E-state index contributed by atoms with van der Waals surface area (Å²) in [5.74, 6) is 0.0398. The third kappa shape index (κ3) is 2.97. The third-order valence-electron chi connectivity index (χ3n) is 3.65. The van der Waals surface area contributed by atoms with Crippen LogP contribution in [0.4, 0.5) is 5.69 Å². The van der Waals surface area contributed by atoms with Crippen molar-refractivity contribution in [2.24, 2.45) is 0 Å². The van der Waals surface area contributed by atoms with Gasteiger partial charge in [-0.1, -0.05) is 18.2 Å². The minimum atomic E-state index is -0.668. The first-order valence-electron chi connectivity index (χ1n) is 7.50. The number of nitrogens with zero attached hydrogens (tertiary/aromatic N) is 1. The van der Waals surface area contributed by atoms with Crippen LogP contribution in [0.2, 0.25) is 0 Å². The number of para-hydroxylation sites is 1. The number of ether oxygens (including phenoxy) is 3. The Bertz CT molecular complexity index is 966. The molecule has 0 aliphatic carbocycles. The van der Waals surface area contributed by atoms with E-state index in [-0.39, 0.29) is 12.5 Å². The molecule has 1 aliphatic heterocycles. The quantitative estimate of drug-likeness (QED) is 0.706. The van der Waals surface area contributed by atoms with Crippen molar-refractivity contribution in [2.45, 2.75) is 0 Å². The van der Waals surface area contributed by atoms with Crippen molar-refractivity contribution in [3.63, 3.8) is 0 Å². The topological polar surface area (TPSA) is 103 Å². The fourth-order valence-electron chi connectivity index (χ4n) is 2.49. The summed E-state index contributed by atoms with van der Waals surface area (Å²) in [5, 5.41) is 9.95. The van der Waals surface area contributed by atoms with E-state index in [0.29, 0.717) is 22.6 Å². The summed E-state index contributed by atoms with van der Waals surface area (Å²) in [4.78, 5) is 24.1. The van der Waals surface area contributed by atoms with Crippen molar-refractivity contribution < 1.29 is 23.8 Å². The summed E-state index contributed by atoms with van der Waals surface area (Å²) in [6.07, 6.45) is 0. The van der Waals surface area contributed by atoms with Crippen molar-refractivity contribution in [1.82, 2.24) is 10.2 Å². The van der Waals surface area contributed by atoms with E-state index >= 15 is 0 Å². The lowest BCUT2D eigenvalue weighted by molar-refractivity contribution is -0.119. The molecule has 8 nitrogen and oxygen atoms in total. The number of aromatic amines is 1. The van der Waals surface area contributed by atoms with E-state index in [1.807, 2.05) is 6.07 Å². The van der Waals surface area contributed by atoms with E-state index in [4.69, 9.17) is 14.2 Å². The molecule has 4 rings (SSSR count). The second kappa shape index (κ2) is 6.16. The number of hydrogen-bond acceptors (Lipinski definition) is 6. The number of amides is 1. The van der Waals surface area contributed by atoms with E-state index in [2.05, 4.69) is 15.5 Å². The van der Waals surface area contributed by atoms with Gasteiger partial charge in [-0.3, -0.25) is 9.89 Å². The molecule has 0 fully saturated rings. The lowest BCUT2D eigenvalue weighted by Crippen LogP contribution is -2.21. The summed E-state index contributed by atoms with van der Waals surface area (Å²) in [5.41, 5.74) is 1.39. The molecule has 0 unspecified atom stereocenters. The number of H-pyrrole nitrogens is 1. The Kier molecular flexibility index (Phi) is 3.70. The van der Waals surface area contributed by atoms with Crippen molar-refractivity contribution in [1.29, 1.82) is 0 Å². The molecule has 126 valence electrons. The first kappa shape index (κ1) is 15.0. The van der Waals surface area contributed by atoms with E-state index in [0.717, 1.165) is 5.52 Å². The molecule has 2 N–H and O–H groups in total. The largest absolute Gasteiger partial charge is 0.454 e. The molecule has 0 radical (unpaired) electrons. The summed E-state index contributed by atoms with van der Waals surface area (Å²) >= 11 is 0. The highest BCUT2D eigenvalue weighted by molar-refractivity contribution is 6.03. The lowest BCUT2D eigenvalue weighted by Gasteiger charge is -2.06. The molecule has 0 saturated carbocycles. The van der Waals surface area contributed by atoms with Crippen LogP contribution in [-0.4, -0.2) is 35.5 Å². The smallest absolute Gasteiger partial charge is 0.359 e. The number of carbonyl (C=O) groups excluding carboxylic acids is 2. The van der Waals surface area contributed by atoms with Crippen LogP contribution in [0.25, 0.3) is 10.9 Å².